The van der Waals surface area contributed by atoms with Crippen LogP contribution in [0.2, 0.25) is 0 Å². The predicted molar refractivity (Wildman–Crippen MR) is 87.5 cm³/mol. The molecule has 3 atom stereocenters. The first-order chi connectivity index (χ1) is 10.8. The highest BCUT2D eigenvalue weighted by molar-refractivity contribution is 5.67. The molecule has 0 fully saturated rings. The van der Waals surface area contributed by atoms with Gasteiger partial charge in [-0.15, -0.1) is 0 Å². The normalized spacial score (nSPS) is 25.2. The number of aromatic hydroxyl groups is 1. The summed E-state index contributed by atoms with van der Waals surface area (Å²) in [7, 11) is 1.69. The first-order valence-corrected chi connectivity index (χ1v) is 7.67. The Bertz CT molecular complexity index is 738. The van der Waals surface area contributed by atoms with Crippen LogP contribution in [0.3, 0.4) is 0 Å². The van der Waals surface area contributed by atoms with E-state index in [2.05, 4.69) is 35.7 Å². The van der Waals surface area contributed by atoms with Crippen LogP contribution in [0, 0.1) is 5.92 Å². The van der Waals surface area contributed by atoms with E-state index in [1.165, 1.54) is 11.1 Å². The van der Waals surface area contributed by atoms with Gasteiger partial charge >= 0.3 is 0 Å². The number of nitrogens with one attached hydrogen (secondary N) is 1. The number of anilines is 1. The maximum absolute atomic E-state index is 10.2. The second kappa shape index (κ2) is 5.09. The first kappa shape index (κ1) is 13.3. The zero-order chi connectivity index (χ0) is 15.1. The lowest BCUT2D eigenvalue weighted by Crippen LogP contribution is -2.29. The van der Waals surface area contributed by atoms with Crippen molar-refractivity contribution in [3.8, 4) is 11.5 Å². The molecule has 0 saturated heterocycles. The summed E-state index contributed by atoms with van der Waals surface area (Å²) in [5.41, 5.74) is 3.26. The predicted octanol–water partition coefficient (Wildman–Crippen LogP) is 4.23. The van der Waals surface area contributed by atoms with E-state index in [4.69, 9.17) is 4.74 Å². The molecule has 0 radical (unpaired) electrons. The fraction of sp³-hybridized carbons (Fsp3) is 0.263. The molecular weight excluding hydrogens is 274 g/mol. The van der Waals surface area contributed by atoms with E-state index in [9.17, 15) is 5.11 Å². The number of allylic oxidation sites excluding steroid dienone is 2. The molecule has 2 N–H and O–H groups in total. The van der Waals surface area contributed by atoms with Crippen molar-refractivity contribution in [1.82, 2.24) is 0 Å². The molecule has 4 rings (SSSR count). The molecule has 0 saturated carbocycles. The van der Waals surface area contributed by atoms with E-state index in [1.54, 1.807) is 13.2 Å². The highest BCUT2D eigenvalue weighted by atomic mass is 16.5. The average Bonchev–Trinajstić information content (AvgIpc) is 3.04. The van der Waals surface area contributed by atoms with Crippen molar-refractivity contribution < 1.29 is 9.84 Å². The summed E-state index contributed by atoms with van der Waals surface area (Å²) in [6, 6.07) is 14.1. The van der Waals surface area contributed by atoms with Crippen LogP contribution in [0.1, 0.15) is 29.5 Å². The molecule has 2 aromatic carbocycles. The quantitative estimate of drug-likeness (QED) is 0.643. The standard InChI is InChI=1S/C19H19NO2/c1-22-13-6-2-5-12(11-13)18-15-8-3-7-14(15)16-9-4-10-17(21)19(16)20-18/h2-7,9-11,14-15,18,20-21H,8H2,1H3. The van der Waals surface area contributed by atoms with Crippen molar-refractivity contribution in [3.05, 3.63) is 65.7 Å². The van der Waals surface area contributed by atoms with Crippen LogP contribution < -0.4 is 10.1 Å². The molecule has 1 aliphatic heterocycles. The third-order valence-corrected chi connectivity index (χ3v) is 4.83. The van der Waals surface area contributed by atoms with Crippen molar-refractivity contribution in [2.45, 2.75) is 18.4 Å². The average molecular weight is 293 g/mol. The van der Waals surface area contributed by atoms with Crippen LogP contribution in [-0.2, 0) is 0 Å². The molecule has 3 nitrogen and oxygen atoms in total. The Morgan fingerprint density at radius 2 is 2.05 bits per heavy atom. The molecule has 3 unspecified atom stereocenters. The molecule has 0 bridgehead atoms. The van der Waals surface area contributed by atoms with Gasteiger partial charge in [-0.1, -0.05) is 36.4 Å². The lowest BCUT2D eigenvalue weighted by molar-refractivity contribution is 0.403. The number of fused-ring (bicyclic) bond motifs is 3. The Kier molecular flexibility index (Phi) is 3.07. The number of rotatable bonds is 2. The Morgan fingerprint density at radius 1 is 1.18 bits per heavy atom. The van der Waals surface area contributed by atoms with Crippen molar-refractivity contribution in [2.75, 3.05) is 12.4 Å². The highest BCUT2D eigenvalue weighted by Crippen LogP contribution is 2.52. The van der Waals surface area contributed by atoms with E-state index >= 15 is 0 Å². The molecular formula is C19H19NO2. The number of para-hydroxylation sites is 1. The van der Waals surface area contributed by atoms with E-state index in [1.807, 2.05) is 18.2 Å². The summed E-state index contributed by atoms with van der Waals surface area (Å²) in [6.07, 6.45) is 5.58. The van der Waals surface area contributed by atoms with Crippen LogP contribution in [-0.4, -0.2) is 12.2 Å². The van der Waals surface area contributed by atoms with Gasteiger partial charge in [0.05, 0.1) is 18.8 Å². The Labute approximate surface area is 130 Å². The summed E-state index contributed by atoms with van der Waals surface area (Å²) in [6.45, 7) is 0. The van der Waals surface area contributed by atoms with Gasteiger partial charge in [0, 0.05) is 5.92 Å². The van der Waals surface area contributed by atoms with Crippen LogP contribution in [0.5, 0.6) is 11.5 Å². The smallest absolute Gasteiger partial charge is 0.138 e. The van der Waals surface area contributed by atoms with Gasteiger partial charge in [-0.25, -0.2) is 0 Å². The van der Waals surface area contributed by atoms with Gasteiger partial charge in [-0.2, -0.15) is 0 Å². The van der Waals surface area contributed by atoms with Gasteiger partial charge in [0.25, 0.3) is 0 Å². The number of phenolic OH excluding ortho intramolecular Hbond substituents is 1. The SMILES string of the molecule is COc1cccc(C2Nc3c(O)cccc3C3C=CCC32)c1. The second-order valence-corrected chi connectivity index (χ2v) is 5.99. The van der Waals surface area contributed by atoms with E-state index in [0.29, 0.717) is 17.6 Å². The number of ether oxygens (including phenoxy) is 1. The van der Waals surface area contributed by atoms with Gasteiger partial charge in [0.1, 0.15) is 11.5 Å². The van der Waals surface area contributed by atoms with Gasteiger partial charge in [-0.05, 0) is 41.7 Å². The van der Waals surface area contributed by atoms with E-state index in [-0.39, 0.29) is 6.04 Å². The lowest BCUT2D eigenvalue weighted by atomic mass is 9.77. The van der Waals surface area contributed by atoms with Crippen molar-refractivity contribution >= 4 is 5.69 Å². The number of phenols is 1. The molecule has 22 heavy (non-hydrogen) atoms. The molecule has 2 aromatic rings. The summed E-state index contributed by atoms with van der Waals surface area (Å²) in [5, 5.41) is 13.8. The molecule has 1 aliphatic carbocycles. The highest BCUT2D eigenvalue weighted by Gasteiger charge is 2.38. The monoisotopic (exact) mass is 293 g/mol. The maximum Gasteiger partial charge on any atom is 0.138 e. The molecule has 0 amide bonds. The Hall–Kier alpha value is -2.42. The summed E-state index contributed by atoms with van der Waals surface area (Å²) in [4.78, 5) is 0. The van der Waals surface area contributed by atoms with Crippen molar-refractivity contribution in [3.63, 3.8) is 0 Å². The number of methoxy groups -OCH3 is 1. The largest absolute Gasteiger partial charge is 0.506 e. The molecule has 0 aromatic heterocycles. The third kappa shape index (κ3) is 1.97. The zero-order valence-corrected chi connectivity index (χ0v) is 12.5. The fourth-order valence-corrected chi connectivity index (χ4v) is 3.77. The third-order valence-electron chi connectivity index (χ3n) is 4.83. The molecule has 112 valence electrons. The first-order valence-electron chi connectivity index (χ1n) is 7.67. The zero-order valence-electron chi connectivity index (χ0n) is 12.5. The van der Waals surface area contributed by atoms with Crippen molar-refractivity contribution in [2.24, 2.45) is 5.92 Å². The van der Waals surface area contributed by atoms with E-state index < -0.39 is 0 Å². The minimum absolute atomic E-state index is 0.177. The number of benzene rings is 2. The summed E-state index contributed by atoms with van der Waals surface area (Å²) >= 11 is 0. The molecule has 0 spiro atoms. The molecule has 1 heterocycles. The topological polar surface area (TPSA) is 41.5 Å². The van der Waals surface area contributed by atoms with Crippen LogP contribution in [0.15, 0.2) is 54.6 Å². The molecule has 2 aliphatic rings. The number of hydrogen-bond acceptors (Lipinski definition) is 3. The minimum atomic E-state index is 0.177. The second-order valence-electron chi connectivity index (χ2n) is 5.99. The van der Waals surface area contributed by atoms with Crippen LogP contribution >= 0.6 is 0 Å². The van der Waals surface area contributed by atoms with Crippen molar-refractivity contribution in [1.29, 1.82) is 0 Å². The van der Waals surface area contributed by atoms with E-state index in [0.717, 1.165) is 17.9 Å². The summed E-state index contributed by atoms with van der Waals surface area (Å²) in [5.74, 6) is 2.02. The van der Waals surface area contributed by atoms with Crippen LogP contribution in [0.25, 0.3) is 0 Å². The van der Waals surface area contributed by atoms with Gasteiger partial charge in [-0.3, -0.25) is 0 Å². The van der Waals surface area contributed by atoms with Gasteiger partial charge in [0.15, 0.2) is 0 Å². The molecule has 3 heteroatoms. The summed E-state index contributed by atoms with van der Waals surface area (Å²) < 4.78 is 5.36. The Morgan fingerprint density at radius 3 is 2.91 bits per heavy atom. The maximum atomic E-state index is 10.2. The minimum Gasteiger partial charge on any atom is -0.506 e. The number of hydrogen-bond donors (Lipinski definition) is 2. The Balaban J connectivity index is 1.80. The van der Waals surface area contributed by atoms with Gasteiger partial charge < -0.3 is 15.2 Å². The lowest BCUT2D eigenvalue weighted by Gasteiger charge is -2.37. The fourth-order valence-electron chi connectivity index (χ4n) is 3.77. The van der Waals surface area contributed by atoms with Gasteiger partial charge in [0.2, 0.25) is 0 Å². The van der Waals surface area contributed by atoms with Crippen LogP contribution in [0.4, 0.5) is 5.69 Å².